The lowest BCUT2D eigenvalue weighted by Crippen LogP contribution is -2.36. The molecule has 1 atom stereocenters. The van der Waals surface area contributed by atoms with E-state index in [2.05, 4.69) is 16.2 Å². The lowest BCUT2D eigenvalue weighted by molar-refractivity contribution is 0.256. The van der Waals surface area contributed by atoms with Gasteiger partial charge in [-0.1, -0.05) is 36.4 Å². The first-order valence-electron chi connectivity index (χ1n) is 12.4. The van der Waals surface area contributed by atoms with Crippen LogP contribution >= 0.6 is 0 Å². The average molecular weight is 541 g/mol. The van der Waals surface area contributed by atoms with Gasteiger partial charge in [0.05, 0.1) is 11.5 Å². The first-order valence-corrected chi connectivity index (χ1v) is 15.3. The van der Waals surface area contributed by atoms with Gasteiger partial charge >= 0.3 is 6.03 Å². The van der Waals surface area contributed by atoms with Crippen molar-refractivity contribution in [3.05, 3.63) is 75.5 Å². The summed E-state index contributed by atoms with van der Waals surface area (Å²) in [7, 11) is -8.03. The lowest BCUT2D eigenvalue weighted by Gasteiger charge is -2.21. The second kappa shape index (κ2) is 9.93. The number of hydrogen-bond donors (Lipinski definition) is 2. The maximum absolute atomic E-state index is 13.1. The number of fused-ring (bicyclic) bond motifs is 2. The Bertz CT molecular complexity index is 1490. The fourth-order valence-electron chi connectivity index (χ4n) is 5.55. The van der Waals surface area contributed by atoms with Gasteiger partial charge in [0.25, 0.3) is 10.0 Å². The Morgan fingerprint density at radius 1 is 0.973 bits per heavy atom. The van der Waals surface area contributed by atoms with Gasteiger partial charge < -0.3 is 5.32 Å². The highest BCUT2D eigenvalue weighted by molar-refractivity contribution is 7.93. The molecule has 37 heavy (non-hydrogen) atoms. The minimum absolute atomic E-state index is 0.0449. The number of amides is 2. The number of carbonyl (C=O) groups excluding carboxylic acids is 1. The van der Waals surface area contributed by atoms with Crippen LogP contribution in [0.1, 0.15) is 47.9 Å². The van der Waals surface area contributed by atoms with Crippen LogP contribution < -0.4 is 10.0 Å². The van der Waals surface area contributed by atoms with Gasteiger partial charge in [-0.15, -0.1) is 0 Å². The molecule has 5 rings (SSSR count). The topological polar surface area (TPSA) is 117 Å². The molecule has 2 amide bonds. The number of rotatable bonds is 6. The maximum Gasteiger partial charge on any atom is 0.333 e. The van der Waals surface area contributed by atoms with Crippen molar-refractivity contribution in [1.82, 2.24) is 9.03 Å². The molecule has 9 nitrogen and oxygen atoms in total. The molecule has 1 aliphatic heterocycles. The molecule has 1 heterocycles. The van der Waals surface area contributed by atoms with Crippen molar-refractivity contribution >= 4 is 37.5 Å². The lowest BCUT2D eigenvalue weighted by atomic mass is 9.99. The van der Waals surface area contributed by atoms with Gasteiger partial charge in [0.1, 0.15) is 0 Å². The number of sulfonamides is 2. The fourth-order valence-corrected chi connectivity index (χ4v) is 7.97. The monoisotopic (exact) mass is 540 g/mol. The smallest absolute Gasteiger partial charge is 0.307 e. The number of nitrogens with one attached hydrogen (secondary N) is 2. The van der Waals surface area contributed by atoms with Crippen molar-refractivity contribution < 1.29 is 21.6 Å². The van der Waals surface area contributed by atoms with E-state index in [0.29, 0.717) is 18.5 Å². The molecule has 2 aromatic carbocycles. The molecule has 0 unspecified atom stereocenters. The van der Waals surface area contributed by atoms with E-state index in [1.54, 1.807) is 0 Å². The van der Waals surface area contributed by atoms with Crippen molar-refractivity contribution in [2.24, 2.45) is 0 Å². The van der Waals surface area contributed by atoms with E-state index in [1.165, 1.54) is 45.8 Å². The van der Waals surface area contributed by atoms with Gasteiger partial charge in [0, 0.05) is 23.7 Å². The summed E-state index contributed by atoms with van der Waals surface area (Å²) in [5.74, 6) is 0. The van der Waals surface area contributed by atoms with Crippen LogP contribution in [-0.2, 0) is 45.7 Å². The Hall–Kier alpha value is -3.20. The van der Waals surface area contributed by atoms with Crippen LogP contribution in [0.5, 0.6) is 0 Å². The van der Waals surface area contributed by atoms with Crippen molar-refractivity contribution in [2.45, 2.75) is 62.3 Å². The largest absolute Gasteiger partial charge is 0.333 e. The van der Waals surface area contributed by atoms with Crippen LogP contribution in [0.4, 0.5) is 16.2 Å². The summed E-state index contributed by atoms with van der Waals surface area (Å²) in [6.07, 6.45) is 8.02. The normalized spacial score (nSPS) is 19.5. The molecule has 0 spiro atoms. The molecular formula is C26H28N4O5S2. The molecule has 1 saturated heterocycles. The Morgan fingerprint density at radius 3 is 2.24 bits per heavy atom. The SMILES string of the molecule is [C-]#[N+]c1ccc(S(=O)(=O)N2CCC[C@H]2/C=C/S(=O)(=O)NC(=O)Nc2c3c(cc4c2CCC4)CCC3)cc1. The van der Waals surface area contributed by atoms with E-state index in [1.807, 2.05) is 4.72 Å². The van der Waals surface area contributed by atoms with E-state index in [4.69, 9.17) is 6.57 Å². The summed E-state index contributed by atoms with van der Waals surface area (Å²) in [5.41, 5.74) is 5.73. The summed E-state index contributed by atoms with van der Waals surface area (Å²) in [6.45, 7) is 7.27. The fraction of sp³-hybridized carbons (Fsp3) is 0.385. The summed E-state index contributed by atoms with van der Waals surface area (Å²) < 4.78 is 54.9. The molecular weight excluding hydrogens is 512 g/mol. The van der Waals surface area contributed by atoms with Crippen LogP contribution in [0.15, 0.2) is 46.7 Å². The molecule has 0 radical (unpaired) electrons. The predicted octanol–water partition coefficient (Wildman–Crippen LogP) is 4.03. The maximum atomic E-state index is 13.1. The predicted molar refractivity (Wildman–Crippen MR) is 140 cm³/mol. The van der Waals surface area contributed by atoms with Crippen LogP contribution in [0.3, 0.4) is 0 Å². The molecule has 194 valence electrons. The first-order chi connectivity index (χ1) is 17.7. The Morgan fingerprint density at radius 2 is 1.62 bits per heavy atom. The van der Waals surface area contributed by atoms with Crippen LogP contribution in [-0.4, -0.2) is 39.8 Å². The molecule has 2 aliphatic carbocycles. The highest BCUT2D eigenvalue weighted by Gasteiger charge is 2.34. The molecule has 1 fully saturated rings. The summed E-state index contributed by atoms with van der Waals surface area (Å²) in [6, 6.07) is 6.37. The zero-order valence-corrected chi connectivity index (χ0v) is 21.9. The van der Waals surface area contributed by atoms with Crippen LogP contribution in [0.25, 0.3) is 4.85 Å². The van der Waals surface area contributed by atoms with Crippen molar-refractivity contribution in [3.8, 4) is 0 Å². The number of aryl methyl sites for hydroxylation is 2. The quantitative estimate of drug-likeness (QED) is 0.537. The van der Waals surface area contributed by atoms with Gasteiger partial charge in [-0.05, 0) is 73.6 Å². The summed E-state index contributed by atoms with van der Waals surface area (Å²) in [4.78, 5) is 16.0. The summed E-state index contributed by atoms with van der Waals surface area (Å²) in [5, 5.41) is 3.67. The first kappa shape index (κ1) is 25.4. The summed E-state index contributed by atoms with van der Waals surface area (Å²) >= 11 is 0. The molecule has 0 aromatic heterocycles. The number of nitrogens with zero attached hydrogens (tertiary/aromatic N) is 2. The third-order valence-electron chi connectivity index (χ3n) is 7.25. The van der Waals surface area contributed by atoms with E-state index in [0.717, 1.165) is 60.7 Å². The minimum Gasteiger partial charge on any atom is -0.307 e. The molecule has 0 saturated carbocycles. The third-order valence-corrected chi connectivity index (χ3v) is 10.2. The van der Waals surface area contributed by atoms with Gasteiger partial charge in [0.15, 0.2) is 5.69 Å². The number of carbonyl (C=O) groups is 1. The van der Waals surface area contributed by atoms with E-state index in [-0.39, 0.29) is 11.4 Å². The zero-order chi connectivity index (χ0) is 26.2. The molecule has 3 aliphatic rings. The second-order valence-electron chi connectivity index (χ2n) is 9.59. The second-order valence-corrected chi connectivity index (χ2v) is 13.1. The molecule has 11 heteroatoms. The molecule has 2 N–H and O–H groups in total. The highest BCUT2D eigenvalue weighted by Crippen LogP contribution is 2.38. The van der Waals surface area contributed by atoms with E-state index >= 15 is 0 Å². The van der Waals surface area contributed by atoms with Crippen molar-refractivity contribution in [1.29, 1.82) is 0 Å². The third kappa shape index (κ3) is 5.14. The van der Waals surface area contributed by atoms with Gasteiger partial charge in [-0.25, -0.2) is 31.2 Å². The molecule has 0 bridgehead atoms. The Labute approximate surface area is 217 Å². The van der Waals surface area contributed by atoms with E-state index in [9.17, 15) is 21.6 Å². The Kier molecular flexibility index (Phi) is 6.83. The van der Waals surface area contributed by atoms with Gasteiger partial charge in [-0.3, -0.25) is 0 Å². The average Bonchev–Trinajstić information content (AvgIpc) is 3.63. The Balaban J connectivity index is 1.29. The van der Waals surface area contributed by atoms with Gasteiger partial charge in [-0.2, -0.15) is 4.31 Å². The van der Waals surface area contributed by atoms with Crippen LogP contribution in [0.2, 0.25) is 0 Å². The zero-order valence-electron chi connectivity index (χ0n) is 20.2. The molecule has 2 aromatic rings. The van der Waals surface area contributed by atoms with E-state index < -0.39 is 32.1 Å². The number of benzene rings is 2. The standard InChI is InChI=1S/C26H28N4O5S2/c1-27-20-10-12-22(13-11-20)37(34,35)30-15-4-7-21(30)14-16-36(32,33)29-26(31)28-25-23-8-2-5-18(23)17-19-6-3-9-24(19)25/h10-14,16-17,21H,2-9,15H2,(H2,28,29,31)/b16-14+/t21-/m0/s1. The number of hydrogen-bond acceptors (Lipinski definition) is 5. The highest BCUT2D eigenvalue weighted by atomic mass is 32.2. The minimum atomic E-state index is -4.16. The van der Waals surface area contributed by atoms with Crippen molar-refractivity contribution in [2.75, 3.05) is 11.9 Å². The van der Waals surface area contributed by atoms with Gasteiger partial charge in [0.2, 0.25) is 10.0 Å². The number of urea groups is 1. The van der Waals surface area contributed by atoms with Crippen LogP contribution in [0, 0.1) is 6.57 Å². The van der Waals surface area contributed by atoms with Crippen molar-refractivity contribution in [3.63, 3.8) is 0 Å². The number of anilines is 1.